The molecular weight excluding hydrogens is 653 g/mol. The predicted octanol–water partition coefficient (Wildman–Crippen LogP) is 7.39. The van der Waals surface area contributed by atoms with Gasteiger partial charge in [0.15, 0.2) is 5.69 Å². The lowest BCUT2D eigenvalue weighted by Gasteiger charge is -2.10. The molecule has 44 heavy (non-hydrogen) atoms. The summed E-state index contributed by atoms with van der Waals surface area (Å²) in [5.74, 6) is 0.181. The highest BCUT2D eigenvalue weighted by molar-refractivity contribution is 7.85. The van der Waals surface area contributed by atoms with E-state index in [9.17, 15) is 13.2 Å². The monoisotopic (exact) mass is 673 g/mol. The number of aromatic amines is 1. The van der Waals surface area contributed by atoms with Crippen LogP contribution in [0.1, 0.15) is 16.8 Å². The number of aryl methyl sites for hydroxylation is 3. The zero-order valence-corrected chi connectivity index (χ0v) is 26.2. The summed E-state index contributed by atoms with van der Waals surface area (Å²) in [6, 6.07) is 13.8. The van der Waals surface area contributed by atoms with Crippen LogP contribution in [0.5, 0.6) is 0 Å². The van der Waals surface area contributed by atoms with Crippen molar-refractivity contribution in [2.75, 3.05) is 10.6 Å². The molecular formula is C27H22Cl3N9O4S. The Morgan fingerprint density at radius 1 is 0.818 bits per heavy atom. The summed E-state index contributed by atoms with van der Waals surface area (Å²) in [6.07, 6.45) is 0. The standard InChI is InChI=1S/C27H22Cl3N9O4S/c1-13-4-5-17(32-27-34-25(30)33-26(35-27)31-16-6-8-18(9-7-16)44(41,42)43)11-21(13)36-37-23-15(3)38-39(24(23)40)22-12-19(28)14(2)10-20(22)29/h4-12,38H,1-3H3,(H,41,42,43)(H2,31,32,33,34,35). The first-order valence-electron chi connectivity index (χ1n) is 12.6. The number of anilines is 4. The smallest absolute Gasteiger partial charge is 0.299 e. The van der Waals surface area contributed by atoms with Crippen molar-refractivity contribution in [3.63, 3.8) is 0 Å². The molecule has 0 bridgehead atoms. The molecule has 0 aliphatic carbocycles. The van der Waals surface area contributed by atoms with Gasteiger partial charge in [-0.3, -0.25) is 14.4 Å². The zero-order chi connectivity index (χ0) is 31.8. The van der Waals surface area contributed by atoms with E-state index in [-0.39, 0.29) is 27.8 Å². The number of H-pyrrole nitrogens is 1. The number of nitrogens with zero attached hydrogens (tertiary/aromatic N) is 6. The lowest BCUT2D eigenvalue weighted by molar-refractivity contribution is 0.483. The number of rotatable bonds is 8. The van der Waals surface area contributed by atoms with E-state index >= 15 is 0 Å². The molecule has 0 fully saturated rings. The zero-order valence-electron chi connectivity index (χ0n) is 23.1. The average Bonchev–Trinajstić information content (AvgIpc) is 3.23. The number of azo groups is 1. The fourth-order valence-electron chi connectivity index (χ4n) is 3.96. The second-order valence-corrected chi connectivity index (χ2v) is 12.1. The maximum Gasteiger partial charge on any atom is 0.299 e. The molecule has 0 unspecified atom stereocenters. The lowest BCUT2D eigenvalue weighted by atomic mass is 10.2. The number of nitrogens with one attached hydrogen (secondary N) is 3. The molecule has 0 saturated heterocycles. The molecule has 0 spiro atoms. The van der Waals surface area contributed by atoms with Crippen molar-refractivity contribution in [2.45, 2.75) is 25.7 Å². The van der Waals surface area contributed by atoms with Gasteiger partial charge in [0.1, 0.15) is 0 Å². The van der Waals surface area contributed by atoms with Gasteiger partial charge in [-0.1, -0.05) is 29.3 Å². The van der Waals surface area contributed by atoms with E-state index in [1.54, 1.807) is 37.3 Å². The largest absolute Gasteiger partial charge is 0.324 e. The third-order valence-electron chi connectivity index (χ3n) is 6.25. The second-order valence-electron chi connectivity index (χ2n) is 9.48. The summed E-state index contributed by atoms with van der Waals surface area (Å²) >= 11 is 18.7. The summed E-state index contributed by atoms with van der Waals surface area (Å²) in [7, 11) is -4.33. The van der Waals surface area contributed by atoms with Crippen LogP contribution in [0.4, 0.5) is 34.6 Å². The van der Waals surface area contributed by atoms with Gasteiger partial charge in [-0.2, -0.15) is 23.4 Å². The lowest BCUT2D eigenvalue weighted by Crippen LogP contribution is -2.14. The minimum absolute atomic E-state index is 0.0771. The first kappa shape index (κ1) is 31.1. The van der Waals surface area contributed by atoms with E-state index in [2.05, 4.69) is 40.9 Å². The molecule has 0 atom stereocenters. The highest BCUT2D eigenvalue weighted by Gasteiger charge is 2.16. The van der Waals surface area contributed by atoms with E-state index in [4.69, 9.17) is 39.4 Å². The van der Waals surface area contributed by atoms with Crippen LogP contribution >= 0.6 is 34.8 Å². The van der Waals surface area contributed by atoms with Gasteiger partial charge in [0.25, 0.3) is 15.7 Å². The molecule has 5 rings (SSSR count). The van der Waals surface area contributed by atoms with Crippen LogP contribution in [-0.2, 0) is 10.1 Å². The molecule has 5 aromatic rings. The first-order chi connectivity index (χ1) is 20.8. The normalized spacial score (nSPS) is 11.7. The van der Waals surface area contributed by atoms with Crippen LogP contribution in [0.3, 0.4) is 0 Å². The molecule has 0 aliphatic heterocycles. The van der Waals surface area contributed by atoms with Crippen LogP contribution in [0.2, 0.25) is 15.3 Å². The highest BCUT2D eigenvalue weighted by atomic mass is 35.5. The van der Waals surface area contributed by atoms with Gasteiger partial charge in [0.2, 0.25) is 17.2 Å². The van der Waals surface area contributed by atoms with Gasteiger partial charge < -0.3 is 10.6 Å². The maximum atomic E-state index is 13.2. The molecule has 0 amide bonds. The third kappa shape index (κ3) is 6.90. The van der Waals surface area contributed by atoms with E-state index in [0.717, 1.165) is 11.1 Å². The Kier molecular flexibility index (Phi) is 8.72. The highest BCUT2D eigenvalue weighted by Crippen LogP contribution is 2.30. The molecule has 17 heteroatoms. The fourth-order valence-corrected chi connectivity index (χ4v) is 5.06. The quantitative estimate of drug-likeness (QED) is 0.0964. The minimum Gasteiger partial charge on any atom is -0.324 e. The summed E-state index contributed by atoms with van der Waals surface area (Å²) in [4.78, 5) is 25.4. The van der Waals surface area contributed by atoms with Crippen molar-refractivity contribution in [3.8, 4) is 5.69 Å². The van der Waals surface area contributed by atoms with Gasteiger partial charge >= 0.3 is 0 Å². The Balaban J connectivity index is 1.38. The van der Waals surface area contributed by atoms with Crippen molar-refractivity contribution in [2.24, 2.45) is 10.2 Å². The van der Waals surface area contributed by atoms with Gasteiger partial charge in [0, 0.05) is 16.4 Å². The van der Waals surface area contributed by atoms with Gasteiger partial charge in [-0.05, 0) is 92.0 Å². The number of benzene rings is 3. The molecule has 2 aromatic heterocycles. The Morgan fingerprint density at radius 3 is 2.11 bits per heavy atom. The van der Waals surface area contributed by atoms with E-state index in [1.165, 1.54) is 28.9 Å². The molecule has 2 heterocycles. The van der Waals surface area contributed by atoms with Crippen molar-refractivity contribution in [3.05, 3.63) is 97.1 Å². The molecule has 13 nitrogen and oxygen atoms in total. The van der Waals surface area contributed by atoms with E-state index < -0.39 is 15.7 Å². The van der Waals surface area contributed by atoms with Gasteiger partial charge in [-0.15, -0.1) is 10.2 Å². The number of aromatic nitrogens is 5. The van der Waals surface area contributed by atoms with Crippen LogP contribution in [0.25, 0.3) is 5.69 Å². The molecule has 4 N–H and O–H groups in total. The summed E-state index contributed by atoms with van der Waals surface area (Å²) in [5, 5.41) is 18.1. The Morgan fingerprint density at radius 2 is 1.45 bits per heavy atom. The van der Waals surface area contributed by atoms with Gasteiger partial charge in [0.05, 0.1) is 27.0 Å². The summed E-state index contributed by atoms with van der Waals surface area (Å²) in [5.41, 5.74) is 3.52. The average molecular weight is 675 g/mol. The second kappa shape index (κ2) is 12.3. The Hall–Kier alpha value is -4.34. The Bertz CT molecular complexity index is 2100. The van der Waals surface area contributed by atoms with Crippen LogP contribution in [0, 0.1) is 20.8 Å². The van der Waals surface area contributed by atoms with E-state index in [0.29, 0.717) is 38.5 Å². The third-order valence-corrected chi connectivity index (χ3v) is 8.00. The number of hydrogen-bond acceptors (Lipinski definition) is 10. The van der Waals surface area contributed by atoms with Gasteiger partial charge in [-0.25, -0.2) is 4.68 Å². The summed E-state index contributed by atoms with van der Waals surface area (Å²) in [6.45, 7) is 5.34. The maximum absolute atomic E-state index is 13.2. The molecule has 0 saturated carbocycles. The predicted molar refractivity (Wildman–Crippen MR) is 169 cm³/mol. The number of halogens is 3. The van der Waals surface area contributed by atoms with Crippen LogP contribution in [0.15, 0.2) is 74.5 Å². The van der Waals surface area contributed by atoms with Crippen LogP contribution < -0.4 is 16.2 Å². The van der Waals surface area contributed by atoms with Crippen molar-refractivity contribution in [1.82, 2.24) is 24.7 Å². The Labute approximate surface area is 265 Å². The van der Waals surface area contributed by atoms with Crippen LogP contribution in [-0.4, -0.2) is 37.7 Å². The minimum atomic E-state index is -4.33. The first-order valence-corrected chi connectivity index (χ1v) is 15.2. The molecule has 0 aliphatic rings. The number of hydrogen-bond donors (Lipinski definition) is 4. The summed E-state index contributed by atoms with van der Waals surface area (Å²) < 4.78 is 33.0. The molecule has 3 aromatic carbocycles. The SMILES string of the molecule is Cc1cc(Cl)c(-n2[nH]c(C)c(N=Nc3cc(Nc4nc(Cl)nc(Nc5ccc(S(=O)(=O)O)cc5)n4)ccc3C)c2=O)cc1Cl. The molecule has 226 valence electrons. The van der Waals surface area contributed by atoms with Crippen molar-refractivity contribution in [1.29, 1.82) is 0 Å². The fraction of sp³-hybridized carbons (Fsp3) is 0.111. The molecule has 0 radical (unpaired) electrons. The van der Waals surface area contributed by atoms with Crippen molar-refractivity contribution < 1.29 is 13.0 Å². The van der Waals surface area contributed by atoms with Crippen molar-refractivity contribution >= 4 is 79.6 Å². The van der Waals surface area contributed by atoms with E-state index in [1.807, 2.05) is 13.8 Å². The topological polar surface area (TPSA) is 180 Å².